The Bertz CT molecular complexity index is 451. The maximum Gasteiger partial charge on any atom is 0.303 e. The highest BCUT2D eigenvalue weighted by atomic mass is 16.5. The molecule has 1 aromatic carbocycles. The molecule has 1 heterocycles. The van der Waals surface area contributed by atoms with E-state index in [0.717, 1.165) is 31.6 Å². The van der Waals surface area contributed by atoms with Crippen molar-refractivity contribution in [1.82, 2.24) is 0 Å². The Balaban J connectivity index is 0.000000574. The number of carboxylic acid groups (broad SMARTS) is 1. The molecular weight excluding hydrogens is 228 g/mol. The first-order chi connectivity index (χ1) is 8.75. The molecule has 1 aromatic rings. The van der Waals surface area contributed by atoms with Crippen LogP contribution in [-0.2, 0) is 17.6 Å². The lowest BCUT2D eigenvalue weighted by molar-refractivity contribution is -0.137. The summed E-state index contributed by atoms with van der Waals surface area (Å²) in [6.07, 6.45) is 3.18. The number of fused-ring (bicyclic) bond motifs is 3. The van der Waals surface area contributed by atoms with Crippen LogP contribution >= 0.6 is 0 Å². The van der Waals surface area contributed by atoms with E-state index < -0.39 is 5.97 Å². The smallest absolute Gasteiger partial charge is 0.303 e. The molecule has 2 aliphatic rings. The molecule has 0 saturated heterocycles. The van der Waals surface area contributed by atoms with Crippen molar-refractivity contribution in [2.45, 2.75) is 45.4 Å². The first kappa shape index (κ1) is 12.9. The Morgan fingerprint density at radius 1 is 1.39 bits per heavy atom. The van der Waals surface area contributed by atoms with Gasteiger partial charge in [-0.25, -0.2) is 0 Å². The van der Waals surface area contributed by atoms with Gasteiger partial charge in [0.15, 0.2) is 0 Å². The Kier molecular flexibility index (Phi) is 3.90. The molecule has 0 spiro atoms. The van der Waals surface area contributed by atoms with E-state index in [1.807, 2.05) is 19.9 Å². The highest BCUT2D eigenvalue weighted by molar-refractivity contribution is 5.69. The summed E-state index contributed by atoms with van der Waals surface area (Å²) in [4.78, 5) is 10.8. The van der Waals surface area contributed by atoms with Crippen molar-refractivity contribution < 1.29 is 14.6 Å². The molecule has 1 atom stereocenters. The summed E-state index contributed by atoms with van der Waals surface area (Å²) in [5, 5.41) is 8.92. The van der Waals surface area contributed by atoms with Gasteiger partial charge >= 0.3 is 5.97 Å². The van der Waals surface area contributed by atoms with E-state index in [-0.39, 0.29) is 12.3 Å². The summed E-state index contributed by atoms with van der Waals surface area (Å²) in [6, 6.07) is 4.13. The standard InChI is InChI=1S/C13H14O3.C2H6/c14-12(15)7-9-2-1-8-3-4-11-10(13(8)9)5-6-16-11;1-2/h3-4,9H,1-2,5-7H2,(H,14,15);1-2H3/t9-;/m0./s1. The van der Waals surface area contributed by atoms with Crippen molar-refractivity contribution in [2.75, 3.05) is 6.61 Å². The topological polar surface area (TPSA) is 46.5 Å². The Labute approximate surface area is 108 Å². The summed E-state index contributed by atoms with van der Waals surface area (Å²) in [5.41, 5.74) is 3.87. The summed E-state index contributed by atoms with van der Waals surface area (Å²) in [6.45, 7) is 4.74. The minimum atomic E-state index is -0.700. The Morgan fingerprint density at radius 2 is 2.17 bits per heavy atom. The fourth-order valence-electron chi connectivity index (χ4n) is 2.96. The maximum absolute atomic E-state index is 10.8. The van der Waals surface area contributed by atoms with Crippen LogP contribution in [0.25, 0.3) is 0 Å². The van der Waals surface area contributed by atoms with Gasteiger partial charge < -0.3 is 9.84 Å². The van der Waals surface area contributed by atoms with Crippen LogP contribution in [0.2, 0.25) is 0 Å². The Morgan fingerprint density at radius 3 is 2.89 bits per heavy atom. The fourth-order valence-corrected chi connectivity index (χ4v) is 2.96. The van der Waals surface area contributed by atoms with E-state index in [4.69, 9.17) is 9.84 Å². The number of rotatable bonds is 2. The van der Waals surface area contributed by atoms with Crippen LogP contribution in [0.4, 0.5) is 0 Å². The van der Waals surface area contributed by atoms with Gasteiger partial charge in [0.05, 0.1) is 13.0 Å². The van der Waals surface area contributed by atoms with E-state index in [2.05, 4.69) is 6.07 Å². The van der Waals surface area contributed by atoms with Crippen molar-refractivity contribution in [1.29, 1.82) is 0 Å². The third-order valence-electron chi connectivity index (χ3n) is 3.61. The zero-order valence-electron chi connectivity index (χ0n) is 11.0. The van der Waals surface area contributed by atoms with Gasteiger partial charge in [-0.05, 0) is 36.0 Å². The maximum atomic E-state index is 10.8. The van der Waals surface area contributed by atoms with Crippen LogP contribution in [-0.4, -0.2) is 17.7 Å². The highest BCUT2D eigenvalue weighted by Gasteiger charge is 2.30. The SMILES string of the molecule is CC.O=C(O)C[C@@H]1CCc2ccc3c(c21)CCO3. The van der Waals surface area contributed by atoms with Crippen molar-refractivity contribution >= 4 is 5.97 Å². The molecule has 1 aliphatic heterocycles. The number of aryl methyl sites for hydroxylation is 1. The zero-order chi connectivity index (χ0) is 13.1. The normalized spacial score (nSPS) is 19.3. The van der Waals surface area contributed by atoms with Crippen LogP contribution in [0.5, 0.6) is 5.75 Å². The predicted octanol–water partition coefficient (Wildman–Crippen LogP) is 3.15. The second-order valence-electron chi connectivity index (χ2n) is 4.55. The van der Waals surface area contributed by atoms with Gasteiger partial charge in [0.2, 0.25) is 0 Å². The quantitative estimate of drug-likeness (QED) is 0.874. The molecule has 0 bridgehead atoms. The third-order valence-corrected chi connectivity index (χ3v) is 3.61. The average Bonchev–Trinajstić information content (AvgIpc) is 2.96. The van der Waals surface area contributed by atoms with Gasteiger partial charge in [-0.3, -0.25) is 4.79 Å². The molecule has 0 unspecified atom stereocenters. The molecule has 0 amide bonds. The monoisotopic (exact) mass is 248 g/mol. The first-order valence-electron chi connectivity index (χ1n) is 6.75. The van der Waals surface area contributed by atoms with E-state index in [1.165, 1.54) is 16.7 Å². The van der Waals surface area contributed by atoms with Gasteiger partial charge in [0.25, 0.3) is 0 Å². The molecule has 3 heteroatoms. The van der Waals surface area contributed by atoms with Gasteiger partial charge in [-0.15, -0.1) is 0 Å². The summed E-state index contributed by atoms with van der Waals surface area (Å²) in [5.74, 6) is 0.467. The molecule has 1 N–H and O–H groups in total. The number of carboxylic acids is 1. The predicted molar refractivity (Wildman–Crippen MR) is 70.3 cm³/mol. The number of hydrogen-bond donors (Lipinski definition) is 1. The fraction of sp³-hybridized carbons (Fsp3) is 0.533. The number of hydrogen-bond acceptors (Lipinski definition) is 2. The van der Waals surface area contributed by atoms with E-state index >= 15 is 0 Å². The largest absolute Gasteiger partial charge is 0.493 e. The molecular formula is C15H20O3. The third kappa shape index (κ3) is 2.22. The second-order valence-corrected chi connectivity index (χ2v) is 4.55. The van der Waals surface area contributed by atoms with E-state index in [1.54, 1.807) is 0 Å². The Hall–Kier alpha value is -1.51. The lowest BCUT2D eigenvalue weighted by Gasteiger charge is -2.12. The minimum Gasteiger partial charge on any atom is -0.493 e. The zero-order valence-corrected chi connectivity index (χ0v) is 11.0. The molecule has 0 fully saturated rings. The highest BCUT2D eigenvalue weighted by Crippen LogP contribution is 2.43. The average molecular weight is 248 g/mol. The van der Waals surface area contributed by atoms with Gasteiger partial charge in [0, 0.05) is 12.0 Å². The first-order valence-corrected chi connectivity index (χ1v) is 6.75. The van der Waals surface area contributed by atoms with Gasteiger partial charge in [-0.1, -0.05) is 19.9 Å². The van der Waals surface area contributed by atoms with Crippen LogP contribution in [0, 0.1) is 0 Å². The number of benzene rings is 1. The van der Waals surface area contributed by atoms with Crippen molar-refractivity contribution in [3.05, 3.63) is 28.8 Å². The number of carbonyl (C=O) groups is 1. The second kappa shape index (κ2) is 5.42. The van der Waals surface area contributed by atoms with Crippen LogP contribution in [0.1, 0.15) is 49.3 Å². The number of aliphatic carboxylic acids is 1. The number of ether oxygens (including phenoxy) is 1. The van der Waals surface area contributed by atoms with Crippen LogP contribution < -0.4 is 4.74 Å². The van der Waals surface area contributed by atoms with Crippen molar-refractivity contribution in [3.8, 4) is 5.75 Å². The van der Waals surface area contributed by atoms with Crippen molar-refractivity contribution in [3.63, 3.8) is 0 Å². The lowest BCUT2D eigenvalue weighted by Crippen LogP contribution is -2.05. The van der Waals surface area contributed by atoms with E-state index in [0.29, 0.717) is 0 Å². The molecule has 1 aliphatic carbocycles. The lowest BCUT2D eigenvalue weighted by atomic mass is 9.92. The van der Waals surface area contributed by atoms with Crippen LogP contribution in [0.15, 0.2) is 12.1 Å². The van der Waals surface area contributed by atoms with E-state index in [9.17, 15) is 4.79 Å². The van der Waals surface area contributed by atoms with Gasteiger partial charge in [0.1, 0.15) is 5.75 Å². The molecule has 98 valence electrons. The summed E-state index contributed by atoms with van der Waals surface area (Å²) >= 11 is 0. The molecule has 0 radical (unpaired) electrons. The van der Waals surface area contributed by atoms with Gasteiger partial charge in [-0.2, -0.15) is 0 Å². The molecule has 3 rings (SSSR count). The molecule has 0 saturated carbocycles. The van der Waals surface area contributed by atoms with Crippen LogP contribution in [0.3, 0.4) is 0 Å². The molecule has 0 aromatic heterocycles. The van der Waals surface area contributed by atoms with Crippen molar-refractivity contribution in [2.24, 2.45) is 0 Å². The minimum absolute atomic E-state index is 0.198. The molecule has 18 heavy (non-hydrogen) atoms. The summed E-state index contributed by atoms with van der Waals surface area (Å²) in [7, 11) is 0. The summed E-state index contributed by atoms with van der Waals surface area (Å²) < 4.78 is 5.53. The molecule has 3 nitrogen and oxygen atoms in total.